The second-order valence-corrected chi connectivity index (χ2v) is 7.68. The number of likely N-dealkylation sites (tertiary alicyclic amines) is 1. The molecule has 1 aromatic rings. The number of piperidine rings is 2. The fourth-order valence-electron chi connectivity index (χ4n) is 4.24. The Balaban J connectivity index is 1.51. The molecule has 8 heteroatoms. The van der Waals surface area contributed by atoms with E-state index in [1.165, 1.54) is 19.2 Å². The van der Waals surface area contributed by atoms with E-state index in [0.29, 0.717) is 56.0 Å². The lowest BCUT2D eigenvalue weighted by molar-refractivity contribution is -0.148. The van der Waals surface area contributed by atoms with Gasteiger partial charge in [-0.15, -0.1) is 0 Å². The van der Waals surface area contributed by atoms with Crippen LogP contribution >= 0.6 is 0 Å². The minimum absolute atomic E-state index is 0.213. The van der Waals surface area contributed by atoms with Crippen LogP contribution < -0.4 is 15.5 Å². The third kappa shape index (κ3) is 3.46. The van der Waals surface area contributed by atoms with E-state index in [2.05, 4.69) is 10.8 Å². The zero-order chi connectivity index (χ0) is 19.8. The Hall–Kier alpha value is -2.19. The number of alkyl halides is 1. The topological polar surface area (TPSA) is 62.8 Å². The van der Waals surface area contributed by atoms with Gasteiger partial charge in [0.2, 0.25) is 0 Å². The number of hydrogen-bond acceptors (Lipinski definition) is 5. The molecule has 1 aromatic carbocycles. The molecule has 152 valence electrons. The molecule has 28 heavy (non-hydrogen) atoms. The Labute approximate surface area is 162 Å². The van der Waals surface area contributed by atoms with Crippen molar-refractivity contribution in [1.82, 2.24) is 15.7 Å². The molecule has 0 aromatic heterocycles. The van der Waals surface area contributed by atoms with E-state index < -0.39 is 17.2 Å². The standard InChI is InChI=1S/C20H25F2N3O3/c1-27-24-16-13-19(28-17-3-2-14(21)12-15(16)17)6-10-25(11-7-19)18(26)20(22)4-8-23-9-5-20/h2-3,12-13,23-24H,4-11H2,1H3. The first kappa shape index (κ1) is 19.1. The third-order valence-corrected chi connectivity index (χ3v) is 5.84. The van der Waals surface area contributed by atoms with Gasteiger partial charge in [-0.2, -0.15) is 0 Å². The molecular weight excluding hydrogens is 368 g/mol. The number of ether oxygens (including phenoxy) is 1. The number of hydroxylamine groups is 1. The van der Waals surface area contributed by atoms with Gasteiger partial charge in [0, 0.05) is 44.3 Å². The number of hydrogen-bond donors (Lipinski definition) is 2. The van der Waals surface area contributed by atoms with Gasteiger partial charge in [-0.1, -0.05) is 0 Å². The zero-order valence-corrected chi connectivity index (χ0v) is 15.9. The molecule has 0 unspecified atom stereocenters. The summed E-state index contributed by atoms with van der Waals surface area (Å²) in [4.78, 5) is 19.4. The van der Waals surface area contributed by atoms with Gasteiger partial charge in [-0.3, -0.25) is 15.1 Å². The Morgan fingerprint density at radius 1 is 1.25 bits per heavy atom. The molecule has 0 bridgehead atoms. The molecule has 2 saturated heterocycles. The summed E-state index contributed by atoms with van der Waals surface area (Å²) in [5.41, 5.74) is 1.60. The molecule has 0 atom stereocenters. The summed E-state index contributed by atoms with van der Waals surface area (Å²) in [6.07, 6.45) is 3.36. The van der Waals surface area contributed by atoms with E-state index in [-0.39, 0.29) is 18.7 Å². The first-order valence-corrected chi connectivity index (χ1v) is 9.65. The summed E-state index contributed by atoms with van der Waals surface area (Å²) in [5, 5.41) is 3.09. The van der Waals surface area contributed by atoms with Gasteiger partial charge in [-0.05, 0) is 37.4 Å². The number of amides is 1. The largest absolute Gasteiger partial charge is 0.482 e. The normalized spacial score (nSPS) is 22.8. The van der Waals surface area contributed by atoms with Crippen molar-refractivity contribution in [1.29, 1.82) is 0 Å². The summed E-state index contributed by atoms with van der Waals surface area (Å²) in [6.45, 7) is 1.85. The van der Waals surface area contributed by atoms with Crippen LogP contribution in [0.15, 0.2) is 24.3 Å². The van der Waals surface area contributed by atoms with Crippen LogP contribution in [0.4, 0.5) is 8.78 Å². The first-order valence-electron chi connectivity index (χ1n) is 9.65. The highest BCUT2D eigenvalue weighted by atomic mass is 19.1. The highest BCUT2D eigenvalue weighted by Crippen LogP contribution is 2.41. The zero-order valence-electron chi connectivity index (χ0n) is 15.9. The Morgan fingerprint density at radius 2 is 1.96 bits per heavy atom. The second-order valence-electron chi connectivity index (χ2n) is 7.68. The average Bonchev–Trinajstić information content (AvgIpc) is 2.69. The monoisotopic (exact) mass is 393 g/mol. The highest BCUT2D eigenvalue weighted by Gasteiger charge is 2.46. The number of benzene rings is 1. The Kier molecular flexibility index (Phi) is 5.01. The number of nitrogens with zero attached hydrogens (tertiary/aromatic N) is 1. The van der Waals surface area contributed by atoms with E-state index in [1.54, 1.807) is 11.0 Å². The fourth-order valence-corrected chi connectivity index (χ4v) is 4.24. The summed E-state index contributed by atoms with van der Waals surface area (Å²) in [7, 11) is 1.49. The Morgan fingerprint density at radius 3 is 2.64 bits per heavy atom. The van der Waals surface area contributed by atoms with E-state index >= 15 is 4.39 Å². The molecule has 0 saturated carbocycles. The van der Waals surface area contributed by atoms with Gasteiger partial charge in [0.1, 0.15) is 17.2 Å². The molecule has 3 aliphatic rings. The fraction of sp³-hybridized carbons (Fsp3) is 0.550. The highest BCUT2D eigenvalue weighted by molar-refractivity contribution is 5.85. The molecular formula is C20H25F2N3O3. The van der Waals surface area contributed by atoms with Gasteiger partial charge in [0.05, 0.1) is 12.8 Å². The lowest BCUT2D eigenvalue weighted by Crippen LogP contribution is -2.56. The smallest absolute Gasteiger partial charge is 0.260 e. The van der Waals surface area contributed by atoms with Crippen molar-refractivity contribution in [3.8, 4) is 5.75 Å². The summed E-state index contributed by atoms with van der Waals surface area (Å²) in [6, 6.07) is 4.34. The van der Waals surface area contributed by atoms with Crippen LogP contribution in [0, 0.1) is 5.82 Å². The second kappa shape index (κ2) is 7.33. The maximum atomic E-state index is 15.0. The first-order chi connectivity index (χ1) is 13.4. The molecule has 2 N–H and O–H groups in total. The van der Waals surface area contributed by atoms with Gasteiger partial charge < -0.3 is 15.0 Å². The van der Waals surface area contributed by atoms with Crippen LogP contribution in [-0.2, 0) is 9.63 Å². The van der Waals surface area contributed by atoms with Gasteiger partial charge >= 0.3 is 0 Å². The molecule has 2 fully saturated rings. The molecule has 4 rings (SSSR count). The van der Waals surface area contributed by atoms with Crippen LogP contribution in [0.3, 0.4) is 0 Å². The average molecular weight is 393 g/mol. The van der Waals surface area contributed by atoms with Gasteiger partial charge in [-0.25, -0.2) is 8.78 Å². The summed E-state index contributed by atoms with van der Waals surface area (Å²) < 4.78 is 34.9. The summed E-state index contributed by atoms with van der Waals surface area (Å²) in [5.74, 6) is -0.220. The number of halogens is 2. The van der Waals surface area contributed by atoms with Crippen molar-refractivity contribution in [2.45, 2.75) is 37.0 Å². The van der Waals surface area contributed by atoms with Crippen LogP contribution in [0.5, 0.6) is 5.75 Å². The van der Waals surface area contributed by atoms with Crippen molar-refractivity contribution in [2.75, 3.05) is 33.3 Å². The predicted molar refractivity (Wildman–Crippen MR) is 99.6 cm³/mol. The van der Waals surface area contributed by atoms with E-state index in [1.807, 2.05) is 6.08 Å². The number of nitrogens with one attached hydrogen (secondary N) is 2. The van der Waals surface area contributed by atoms with E-state index in [0.717, 1.165) is 0 Å². The van der Waals surface area contributed by atoms with Gasteiger partial charge in [0.15, 0.2) is 5.67 Å². The molecule has 1 spiro atoms. The third-order valence-electron chi connectivity index (χ3n) is 5.84. The van der Waals surface area contributed by atoms with Crippen molar-refractivity contribution in [3.05, 3.63) is 35.7 Å². The molecule has 3 aliphatic heterocycles. The number of carbonyl (C=O) groups excluding carboxylic acids is 1. The van der Waals surface area contributed by atoms with E-state index in [4.69, 9.17) is 9.57 Å². The van der Waals surface area contributed by atoms with E-state index in [9.17, 15) is 9.18 Å². The lowest BCUT2D eigenvalue weighted by atomic mass is 9.85. The molecule has 0 radical (unpaired) electrons. The molecule has 0 aliphatic carbocycles. The quantitative estimate of drug-likeness (QED) is 0.771. The van der Waals surface area contributed by atoms with Crippen molar-refractivity contribution >= 4 is 11.6 Å². The van der Waals surface area contributed by atoms with Crippen molar-refractivity contribution < 1.29 is 23.1 Å². The van der Waals surface area contributed by atoms with Crippen molar-refractivity contribution in [3.63, 3.8) is 0 Å². The van der Waals surface area contributed by atoms with Crippen molar-refractivity contribution in [2.24, 2.45) is 0 Å². The molecule has 1 amide bonds. The van der Waals surface area contributed by atoms with Crippen LogP contribution in [0.25, 0.3) is 5.70 Å². The molecule has 6 nitrogen and oxygen atoms in total. The Bertz CT molecular complexity index is 785. The number of fused-ring (bicyclic) bond motifs is 1. The molecule has 3 heterocycles. The lowest BCUT2D eigenvalue weighted by Gasteiger charge is -2.44. The summed E-state index contributed by atoms with van der Waals surface area (Å²) >= 11 is 0. The van der Waals surface area contributed by atoms with Crippen LogP contribution in [0.2, 0.25) is 0 Å². The predicted octanol–water partition coefficient (Wildman–Crippen LogP) is 2.16. The number of carbonyl (C=O) groups is 1. The minimum Gasteiger partial charge on any atom is -0.482 e. The van der Waals surface area contributed by atoms with Gasteiger partial charge in [0.25, 0.3) is 5.91 Å². The SMILES string of the molecule is CONC1=CC2(CCN(C(=O)C3(F)CCNCC3)CC2)Oc2ccc(F)cc21. The number of rotatable bonds is 3. The van der Waals surface area contributed by atoms with Crippen LogP contribution in [-0.4, -0.2) is 55.4 Å². The minimum atomic E-state index is -1.77. The maximum absolute atomic E-state index is 15.0. The maximum Gasteiger partial charge on any atom is 0.260 e. The van der Waals surface area contributed by atoms with Crippen LogP contribution in [0.1, 0.15) is 31.2 Å².